The summed E-state index contributed by atoms with van der Waals surface area (Å²) in [5.74, 6) is 2.58. The minimum absolute atomic E-state index is 0.0944. The van der Waals surface area contributed by atoms with Crippen LogP contribution in [0.5, 0.6) is 0 Å². The zero-order chi connectivity index (χ0) is 39.2. The van der Waals surface area contributed by atoms with Crippen molar-refractivity contribution in [1.82, 2.24) is 4.72 Å². The largest absolute Gasteiger partial charge is 0.377 e. The number of nitrogens with one attached hydrogen (secondary N) is 1. The Morgan fingerprint density at radius 1 is 0.981 bits per heavy atom. The van der Waals surface area contributed by atoms with Crippen LogP contribution in [0.4, 0.5) is 0 Å². The van der Waals surface area contributed by atoms with Crippen LogP contribution in [0.15, 0.2) is 89.7 Å². The number of hydrogen-bond donors (Lipinski definition) is 2. The molecule has 0 saturated heterocycles. The Balaban J connectivity index is 0.00000477. The fourth-order valence-corrected chi connectivity index (χ4v) is 10.1. The summed E-state index contributed by atoms with van der Waals surface area (Å²) in [7, 11) is -2.28. The van der Waals surface area contributed by atoms with Gasteiger partial charge in [-0.3, -0.25) is 9.52 Å². The molecule has 1 aromatic rings. The van der Waals surface area contributed by atoms with Crippen LogP contribution in [0.25, 0.3) is 0 Å². The predicted molar refractivity (Wildman–Crippen MR) is 232 cm³/mol. The normalized spacial score (nSPS) is 22.0. The minimum atomic E-state index is -2.28. The molecule has 2 fully saturated rings. The highest BCUT2D eigenvalue weighted by atomic mass is 32.3. The maximum atomic E-state index is 13.6. The summed E-state index contributed by atoms with van der Waals surface area (Å²) < 4.78 is 21.4. The van der Waals surface area contributed by atoms with E-state index in [0.29, 0.717) is 43.3 Å². The molecule has 6 atom stereocenters. The van der Waals surface area contributed by atoms with E-state index in [1.54, 1.807) is 6.08 Å². The average molecular weight is 748 g/mol. The predicted octanol–water partition coefficient (Wildman–Crippen LogP) is 13.4. The van der Waals surface area contributed by atoms with E-state index in [1.165, 1.54) is 48.8 Å². The molecule has 4 unspecified atom stereocenters. The smallest absolute Gasteiger partial charge is 0.156 e. The summed E-state index contributed by atoms with van der Waals surface area (Å²) in [6, 6.07) is 8.44. The Morgan fingerprint density at radius 2 is 1.64 bits per heavy atom. The van der Waals surface area contributed by atoms with E-state index >= 15 is 0 Å². The molecule has 298 valence electrons. The minimum Gasteiger partial charge on any atom is -0.377 e. The number of ketones is 1. The van der Waals surface area contributed by atoms with Gasteiger partial charge in [-0.1, -0.05) is 128 Å². The van der Waals surface area contributed by atoms with Crippen molar-refractivity contribution in [2.24, 2.45) is 35.5 Å². The average Bonchev–Trinajstić information content (AvgIpc) is 3.18. The Hall–Kier alpha value is -2.36. The molecular weight excluding hydrogens is 671 g/mol. The number of allylic oxidation sites excluding steroid dienone is 4. The van der Waals surface area contributed by atoms with Gasteiger partial charge in [0.15, 0.2) is 5.78 Å². The van der Waals surface area contributed by atoms with Gasteiger partial charge in [0.2, 0.25) is 0 Å². The zero-order valence-corrected chi connectivity index (χ0v) is 35.7. The standard InChI is InChI=1S/C46H71NO3S.C2H6/c1-9-28-50-29-27-37-23-25-44(26-24-37)51(8,49)47-42-32-40(38(13-5)30-35(7)10-2)31-41(33-42)45(14-6)46(39-20-16-15-17-21-39)34-43(48)22-18-19-36(11-3)12-4;1-2/h9,18,22-26,35-36,39-42,46-47,49H,1,5-6,10-12,15-17,19-21,27-34H2,2-4,7-8H3;1-2H3/b22-18-;/t35?,40?,41?,42-,46+;/m1./s1. The SMILES string of the molecule is C=C=C(CC(C)CC)C1CC(C(=C=C)[C@@H](CC(=O)/C=C\CC(CC)CC)C2CCCCC2)C[C@H](NS(C)(O)c2ccc(CCOCC=C)cc2)C1.CC. The van der Waals surface area contributed by atoms with Gasteiger partial charge in [-0.2, -0.15) is 0 Å². The van der Waals surface area contributed by atoms with Crippen LogP contribution in [0.2, 0.25) is 0 Å². The van der Waals surface area contributed by atoms with Crippen molar-refractivity contribution in [3.05, 3.63) is 90.4 Å². The highest BCUT2D eigenvalue weighted by molar-refractivity contribution is 8.27. The highest BCUT2D eigenvalue weighted by Gasteiger charge is 2.39. The second kappa shape index (κ2) is 25.7. The number of ether oxygens (including phenoxy) is 1. The summed E-state index contributed by atoms with van der Waals surface area (Å²) in [6.07, 6.45) is 23.3. The summed E-state index contributed by atoms with van der Waals surface area (Å²) >= 11 is 0. The third-order valence-corrected chi connectivity index (χ3v) is 13.8. The van der Waals surface area contributed by atoms with Crippen molar-refractivity contribution < 1.29 is 14.1 Å². The second-order valence-corrected chi connectivity index (χ2v) is 18.1. The first-order chi connectivity index (χ1) is 25.6. The Labute approximate surface area is 328 Å². The van der Waals surface area contributed by atoms with Crippen LogP contribution in [0.1, 0.15) is 137 Å². The quantitative estimate of drug-likeness (QED) is 0.0537. The topological polar surface area (TPSA) is 58.6 Å². The van der Waals surface area contributed by atoms with Crippen LogP contribution >= 0.6 is 10.5 Å². The monoisotopic (exact) mass is 748 g/mol. The highest BCUT2D eigenvalue weighted by Crippen LogP contribution is 2.50. The molecule has 2 N–H and O–H groups in total. The van der Waals surface area contributed by atoms with E-state index in [0.717, 1.165) is 62.7 Å². The first kappa shape index (κ1) is 46.8. The van der Waals surface area contributed by atoms with Crippen molar-refractivity contribution in [2.75, 3.05) is 19.5 Å². The summed E-state index contributed by atoms with van der Waals surface area (Å²) in [5, 5.41) is 0. The van der Waals surface area contributed by atoms with Crippen molar-refractivity contribution in [3.63, 3.8) is 0 Å². The molecule has 2 saturated carbocycles. The molecular formula is C48H77NO3S. The lowest BCUT2D eigenvalue weighted by Gasteiger charge is -2.44. The maximum absolute atomic E-state index is 13.6. The fraction of sp³-hybridized carbons (Fsp3) is 0.646. The summed E-state index contributed by atoms with van der Waals surface area (Å²) in [6.45, 7) is 26.4. The molecule has 5 heteroatoms. The van der Waals surface area contributed by atoms with Gasteiger partial charge in [0.1, 0.15) is 0 Å². The van der Waals surface area contributed by atoms with Gasteiger partial charge in [-0.25, -0.2) is 0 Å². The zero-order valence-electron chi connectivity index (χ0n) is 34.9. The molecule has 0 bridgehead atoms. The first-order valence-electron chi connectivity index (χ1n) is 21.1. The molecule has 53 heavy (non-hydrogen) atoms. The van der Waals surface area contributed by atoms with Crippen LogP contribution < -0.4 is 4.72 Å². The van der Waals surface area contributed by atoms with Crippen LogP contribution in [-0.4, -0.2) is 35.8 Å². The molecule has 0 spiro atoms. The molecule has 0 heterocycles. The Morgan fingerprint density at radius 3 is 2.23 bits per heavy atom. The van der Waals surface area contributed by atoms with Crippen molar-refractivity contribution >= 4 is 16.3 Å². The Bertz CT molecular complexity index is 1340. The van der Waals surface area contributed by atoms with Gasteiger partial charge in [-0.15, -0.1) is 18.0 Å². The third-order valence-electron chi connectivity index (χ3n) is 11.9. The van der Waals surface area contributed by atoms with Crippen molar-refractivity contribution in [1.29, 1.82) is 0 Å². The van der Waals surface area contributed by atoms with E-state index in [4.69, 9.17) is 4.74 Å². The molecule has 0 aliphatic heterocycles. The van der Waals surface area contributed by atoms with Gasteiger partial charge in [0.05, 0.1) is 13.2 Å². The first-order valence-corrected chi connectivity index (χ1v) is 23.1. The summed E-state index contributed by atoms with van der Waals surface area (Å²) in [5.41, 5.74) is 10.6. The molecule has 0 aromatic heterocycles. The van der Waals surface area contributed by atoms with Gasteiger partial charge < -0.3 is 9.29 Å². The lowest BCUT2D eigenvalue weighted by Crippen LogP contribution is -2.41. The second-order valence-electron chi connectivity index (χ2n) is 15.6. The lowest BCUT2D eigenvalue weighted by molar-refractivity contribution is -0.115. The van der Waals surface area contributed by atoms with Crippen molar-refractivity contribution in [2.45, 2.75) is 149 Å². The van der Waals surface area contributed by atoms with Crippen LogP contribution in [0.3, 0.4) is 0 Å². The maximum Gasteiger partial charge on any atom is 0.156 e. The van der Waals surface area contributed by atoms with Gasteiger partial charge in [-0.05, 0) is 122 Å². The molecule has 2 aliphatic carbocycles. The molecule has 2 aliphatic rings. The number of benzene rings is 1. The summed E-state index contributed by atoms with van der Waals surface area (Å²) in [4.78, 5) is 14.6. The number of rotatable bonds is 22. The van der Waals surface area contributed by atoms with E-state index in [2.05, 4.69) is 94.0 Å². The molecule has 1 aromatic carbocycles. The van der Waals surface area contributed by atoms with E-state index in [1.807, 2.05) is 26.2 Å². The third kappa shape index (κ3) is 15.7. The van der Waals surface area contributed by atoms with Gasteiger partial charge >= 0.3 is 0 Å². The van der Waals surface area contributed by atoms with E-state index < -0.39 is 10.5 Å². The lowest BCUT2D eigenvalue weighted by atomic mass is 9.65. The van der Waals surface area contributed by atoms with Crippen LogP contribution in [-0.2, 0) is 16.0 Å². The number of hydrogen-bond acceptors (Lipinski definition) is 4. The van der Waals surface area contributed by atoms with E-state index in [-0.39, 0.29) is 23.7 Å². The molecule has 3 rings (SSSR count). The molecule has 0 amide bonds. The number of carbonyl (C=O) groups is 1. The van der Waals surface area contributed by atoms with Crippen LogP contribution in [0, 0.1) is 35.5 Å². The molecule has 0 radical (unpaired) electrons. The van der Waals surface area contributed by atoms with Gasteiger partial charge in [0.25, 0.3) is 0 Å². The molecule has 4 nitrogen and oxygen atoms in total. The van der Waals surface area contributed by atoms with Crippen molar-refractivity contribution in [3.8, 4) is 0 Å². The van der Waals surface area contributed by atoms with E-state index in [9.17, 15) is 9.35 Å². The fourth-order valence-electron chi connectivity index (χ4n) is 8.47. The Kier molecular flexibility index (Phi) is 22.7. The number of carbonyl (C=O) groups excluding carboxylic acids is 1. The van der Waals surface area contributed by atoms with Gasteiger partial charge in [0, 0.05) is 23.6 Å².